The van der Waals surface area contributed by atoms with Gasteiger partial charge in [-0.2, -0.15) is 0 Å². The van der Waals surface area contributed by atoms with Gasteiger partial charge in [-0.15, -0.1) is 0 Å². The van der Waals surface area contributed by atoms with Gasteiger partial charge in [0.05, 0.1) is 5.60 Å². The number of nitrogens with zero attached hydrogens (tertiary/aromatic N) is 2. The zero-order valence-electron chi connectivity index (χ0n) is 15.8. The lowest BCUT2D eigenvalue weighted by Gasteiger charge is -2.52. The Morgan fingerprint density at radius 3 is 2.59 bits per heavy atom. The first-order valence-corrected chi connectivity index (χ1v) is 10.0. The second kappa shape index (κ2) is 6.47. The van der Waals surface area contributed by atoms with Crippen LogP contribution in [0.2, 0.25) is 0 Å². The van der Waals surface area contributed by atoms with Crippen LogP contribution in [0.5, 0.6) is 0 Å². The highest BCUT2D eigenvalue weighted by atomic mass is 16.3. The topological polar surface area (TPSA) is 49.5 Å². The predicted octanol–water partition coefficient (Wildman–Crippen LogP) is 4.54. The van der Waals surface area contributed by atoms with Gasteiger partial charge in [-0.3, -0.25) is 4.90 Å². The molecule has 0 spiro atoms. The third kappa shape index (κ3) is 3.07. The Bertz CT molecular complexity index is 935. The summed E-state index contributed by atoms with van der Waals surface area (Å²) in [5, 5.41) is 11.6. The number of aliphatic hydroxyl groups is 1. The molecule has 4 nitrogen and oxygen atoms in total. The lowest BCUT2D eigenvalue weighted by atomic mass is 9.72. The highest BCUT2D eigenvalue weighted by molar-refractivity contribution is 5.73. The van der Waals surface area contributed by atoms with Crippen molar-refractivity contribution >= 4 is 11.1 Å². The Morgan fingerprint density at radius 1 is 1.11 bits per heavy atom. The summed E-state index contributed by atoms with van der Waals surface area (Å²) >= 11 is 0. The molecule has 3 aromatic rings. The molecule has 4 heteroatoms. The molecule has 2 bridgehead atoms. The predicted molar refractivity (Wildman–Crippen MR) is 105 cm³/mol. The third-order valence-corrected chi connectivity index (χ3v) is 6.40. The second-order valence-corrected chi connectivity index (χ2v) is 8.25. The van der Waals surface area contributed by atoms with Crippen LogP contribution >= 0.6 is 0 Å². The number of hydrogen-bond acceptors (Lipinski definition) is 4. The number of aromatic nitrogens is 1. The molecule has 5 rings (SSSR count). The van der Waals surface area contributed by atoms with E-state index in [4.69, 9.17) is 4.42 Å². The summed E-state index contributed by atoms with van der Waals surface area (Å²) in [4.78, 5) is 7.01. The molecule has 2 aromatic carbocycles. The Hall–Kier alpha value is -2.17. The Labute approximate surface area is 159 Å². The van der Waals surface area contributed by atoms with Crippen molar-refractivity contribution in [2.24, 2.45) is 0 Å². The minimum atomic E-state index is -0.780. The molecule has 0 saturated carbocycles. The van der Waals surface area contributed by atoms with Crippen molar-refractivity contribution < 1.29 is 9.52 Å². The molecule has 0 aliphatic carbocycles. The van der Waals surface area contributed by atoms with Crippen LogP contribution in [0, 0.1) is 6.92 Å². The van der Waals surface area contributed by atoms with Crippen molar-refractivity contribution in [2.45, 2.75) is 63.3 Å². The lowest BCUT2D eigenvalue weighted by Crippen LogP contribution is -2.56. The molecule has 2 fully saturated rings. The van der Waals surface area contributed by atoms with Crippen LogP contribution in [0.1, 0.15) is 49.1 Å². The quantitative estimate of drug-likeness (QED) is 0.743. The number of fused-ring (bicyclic) bond motifs is 3. The van der Waals surface area contributed by atoms with Crippen molar-refractivity contribution in [3.8, 4) is 0 Å². The van der Waals surface area contributed by atoms with Gasteiger partial charge in [-0.05, 0) is 48.9 Å². The van der Waals surface area contributed by atoms with E-state index in [1.54, 1.807) is 0 Å². The molecule has 2 saturated heterocycles. The molecular weight excluding hydrogens is 336 g/mol. The average Bonchev–Trinajstić information content (AvgIpc) is 3.03. The Morgan fingerprint density at radius 2 is 1.85 bits per heavy atom. The number of oxazole rings is 1. The standard InChI is InChI=1S/C23H26N2O2/c1-16-24-21-11-10-18(12-22(21)27-16)23(26)13-19-8-5-9-20(14-23)25(19)15-17-6-3-2-4-7-17/h2-4,6-7,10-12,19-20,26H,5,8-9,13-15H2,1H3. The molecule has 1 N–H and O–H groups in total. The van der Waals surface area contributed by atoms with Crippen LogP contribution in [-0.4, -0.2) is 27.1 Å². The number of benzene rings is 2. The van der Waals surface area contributed by atoms with Crippen molar-refractivity contribution in [1.29, 1.82) is 0 Å². The fourth-order valence-electron chi connectivity index (χ4n) is 5.14. The fourth-order valence-corrected chi connectivity index (χ4v) is 5.14. The second-order valence-electron chi connectivity index (χ2n) is 8.25. The number of rotatable bonds is 3. The molecular formula is C23H26N2O2. The maximum Gasteiger partial charge on any atom is 0.192 e. The first-order valence-electron chi connectivity index (χ1n) is 10.0. The molecule has 2 unspecified atom stereocenters. The Kier molecular flexibility index (Phi) is 4.06. The first-order chi connectivity index (χ1) is 13.1. The molecule has 3 heterocycles. The van der Waals surface area contributed by atoms with Gasteiger partial charge in [0.2, 0.25) is 0 Å². The fraction of sp³-hybridized carbons (Fsp3) is 0.435. The van der Waals surface area contributed by atoms with Crippen LogP contribution in [-0.2, 0) is 12.1 Å². The number of hydrogen-bond donors (Lipinski definition) is 1. The SMILES string of the molecule is Cc1nc2ccc(C3(O)CC4CCCC(C3)N4Cc3ccccc3)cc2o1. The molecule has 2 atom stereocenters. The van der Waals surface area contributed by atoms with Crippen LogP contribution in [0.15, 0.2) is 52.9 Å². The van der Waals surface area contributed by atoms with Crippen LogP contribution in [0.3, 0.4) is 0 Å². The van der Waals surface area contributed by atoms with E-state index < -0.39 is 5.60 Å². The van der Waals surface area contributed by atoms with Crippen molar-refractivity contribution in [1.82, 2.24) is 9.88 Å². The highest BCUT2D eigenvalue weighted by Crippen LogP contribution is 2.45. The number of aryl methyl sites for hydroxylation is 1. The van der Waals surface area contributed by atoms with E-state index in [0.29, 0.717) is 18.0 Å². The normalized spacial score (nSPS) is 28.5. The zero-order valence-corrected chi connectivity index (χ0v) is 15.8. The minimum absolute atomic E-state index is 0.426. The summed E-state index contributed by atoms with van der Waals surface area (Å²) in [6, 6.07) is 17.6. The van der Waals surface area contributed by atoms with Gasteiger partial charge in [-0.25, -0.2) is 4.98 Å². The van der Waals surface area contributed by atoms with Crippen molar-refractivity contribution in [3.63, 3.8) is 0 Å². The number of piperidine rings is 2. The van der Waals surface area contributed by atoms with Gasteiger partial charge in [0, 0.05) is 25.6 Å². The van der Waals surface area contributed by atoms with E-state index in [1.807, 2.05) is 25.1 Å². The minimum Gasteiger partial charge on any atom is -0.441 e. The molecule has 27 heavy (non-hydrogen) atoms. The van der Waals surface area contributed by atoms with Gasteiger partial charge in [0.15, 0.2) is 11.5 Å². The van der Waals surface area contributed by atoms with E-state index in [1.165, 1.54) is 12.0 Å². The lowest BCUT2D eigenvalue weighted by molar-refractivity contribution is -0.0999. The van der Waals surface area contributed by atoms with Gasteiger partial charge in [-0.1, -0.05) is 42.8 Å². The molecule has 2 aliphatic rings. The van der Waals surface area contributed by atoms with E-state index in [-0.39, 0.29) is 0 Å². The monoisotopic (exact) mass is 362 g/mol. The molecule has 0 radical (unpaired) electrons. The summed E-state index contributed by atoms with van der Waals surface area (Å²) < 4.78 is 5.71. The van der Waals surface area contributed by atoms with E-state index in [2.05, 4.69) is 40.2 Å². The molecule has 140 valence electrons. The maximum absolute atomic E-state index is 11.6. The first kappa shape index (κ1) is 17.0. The third-order valence-electron chi connectivity index (χ3n) is 6.40. The van der Waals surface area contributed by atoms with E-state index >= 15 is 0 Å². The summed E-state index contributed by atoms with van der Waals surface area (Å²) in [6.07, 6.45) is 5.16. The maximum atomic E-state index is 11.6. The van der Waals surface area contributed by atoms with Crippen LogP contribution in [0.25, 0.3) is 11.1 Å². The van der Waals surface area contributed by atoms with Crippen LogP contribution < -0.4 is 0 Å². The van der Waals surface area contributed by atoms with Gasteiger partial charge in [0.25, 0.3) is 0 Å². The molecule has 2 aliphatic heterocycles. The summed E-state index contributed by atoms with van der Waals surface area (Å²) in [5.41, 5.74) is 3.19. The van der Waals surface area contributed by atoms with E-state index in [9.17, 15) is 5.11 Å². The van der Waals surface area contributed by atoms with Crippen molar-refractivity contribution in [3.05, 3.63) is 65.5 Å². The summed E-state index contributed by atoms with van der Waals surface area (Å²) in [5.74, 6) is 0.670. The highest BCUT2D eigenvalue weighted by Gasteiger charge is 2.46. The van der Waals surface area contributed by atoms with Crippen molar-refractivity contribution in [2.75, 3.05) is 0 Å². The summed E-state index contributed by atoms with van der Waals surface area (Å²) in [7, 11) is 0. The average molecular weight is 362 g/mol. The summed E-state index contributed by atoms with van der Waals surface area (Å²) in [6.45, 7) is 2.84. The largest absolute Gasteiger partial charge is 0.441 e. The van der Waals surface area contributed by atoms with Gasteiger partial charge >= 0.3 is 0 Å². The zero-order chi connectivity index (χ0) is 18.4. The van der Waals surface area contributed by atoms with E-state index in [0.717, 1.165) is 48.9 Å². The van der Waals surface area contributed by atoms with Gasteiger partial charge in [0.1, 0.15) is 5.52 Å². The molecule has 1 aromatic heterocycles. The smallest absolute Gasteiger partial charge is 0.192 e. The molecule has 0 amide bonds. The van der Waals surface area contributed by atoms with Crippen LogP contribution in [0.4, 0.5) is 0 Å². The van der Waals surface area contributed by atoms with Gasteiger partial charge < -0.3 is 9.52 Å². The Balaban J connectivity index is 1.43.